The third-order valence-corrected chi connectivity index (χ3v) is 4.36. The molecule has 146 valence electrons. The van der Waals surface area contributed by atoms with E-state index in [2.05, 4.69) is 27.8 Å². The Kier molecular flexibility index (Phi) is 6.20. The minimum Gasteiger partial charge on any atom is -0.444 e. The maximum Gasteiger partial charge on any atom is 0.410 e. The van der Waals surface area contributed by atoms with E-state index in [1.165, 1.54) is 0 Å². The zero-order valence-electron chi connectivity index (χ0n) is 16.8. The number of anilines is 1. The molecule has 1 aliphatic heterocycles. The molecule has 0 unspecified atom stereocenters. The SMILES string of the molecule is CC(C)(C)OC(=O)N1CCCN(c2cncc(C#Cc3ccccc3)c2)CC1. The average molecular weight is 377 g/mol. The smallest absolute Gasteiger partial charge is 0.410 e. The Morgan fingerprint density at radius 1 is 1.00 bits per heavy atom. The molecule has 0 N–H and O–H groups in total. The van der Waals surface area contributed by atoms with Crippen LogP contribution in [0.25, 0.3) is 0 Å². The number of aromatic nitrogens is 1. The second-order valence-electron chi connectivity index (χ2n) is 7.86. The summed E-state index contributed by atoms with van der Waals surface area (Å²) in [6, 6.07) is 12.0. The van der Waals surface area contributed by atoms with E-state index in [0.717, 1.165) is 36.3 Å². The Morgan fingerprint density at radius 3 is 2.50 bits per heavy atom. The quantitative estimate of drug-likeness (QED) is 0.707. The van der Waals surface area contributed by atoms with E-state index < -0.39 is 5.60 Å². The van der Waals surface area contributed by atoms with Gasteiger partial charge < -0.3 is 14.5 Å². The van der Waals surface area contributed by atoms with Gasteiger partial charge in [-0.3, -0.25) is 4.98 Å². The first-order valence-corrected chi connectivity index (χ1v) is 9.66. The molecule has 3 rings (SSSR count). The fourth-order valence-corrected chi connectivity index (χ4v) is 3.02. The summed E-state index contributed by atoms with van der Waals surface area (Å²) in [7, 11) is 0. The number of hydrogen-bond donors (Lipinski definition) is 0. The summed E-state index contributed by atoms with van der Waals surface area (Å²) in [4.78, 5) is 20.7. The van der Waals surface area contributed by atoms with Crippen LogP contribution < -0.4 is 4.90 Å². The largest absolute Gasteiger partial charge is 0.444 e. The fourth-order valence-electron chi connectivity index (χ4n) is 3.02. The minimum absolute atomic E-state index is 0.241. The van der Waals surface area contributed by atoms with Gasteiger partial charge >= 0.3 is 6.09 Å². The Hall–Kier alpha value is -3.00. The second-order valence-corrected chi connectivity index (χ2v) is 7.86. The van der Waals surface area contributed by atoms with Crippen molar-refractivity contribution in [2.75, 3.05) is 31.1 Å². The molecule has 28 heavy (non-hydrogen) atoms. The summed E-state index contributed by atoms with van der Waals surface area (Å²) >= 11 is 0. The zero-order valence-corrected chi connectivity index (χ0v) is 16.8. The first-order chi connectivity index (χ1) is 13.4. The second kappa shape index (κ2) is 8.79. The van der Waals surface area contributed by atoms with Crippen LogP contribution in [-0.4, -0.2) is 47.8 Å². The lowest BCUT2D eigenvalue weighted by molar-refractivity contribution is 0.0263. The molecular formula is C23H27N3O2. The average Bonchev–Trinajstić information content (AvgIpc) is 2.93. The third-order valence-electron chi connectivity index (χ3n) is 4.36. The van der Waals surface area contributed by atoms with E-state index in [4.69, 9.17) is 4.74 Å². The third kappa shape index (κ3) is 5.75. The lowest BCUT2D eigenvalue weighted by Gasteiger charge is -2.26. The summed E-state index contributed by atoms with van der Waals surface area (Å²) in [5, 5.41) is 0. The van der Waals surface area contributed by atoms with Gasteiger partial charge in [0, 0.05) is 43.5 Å². The normalized spacial score (nSPS) is 14.7. The maximum atomic E-state index is 12.3. The van der Waals surface area contributed by atoms with Crippen LogP contribution in [0.2, 0.25) is 0 Å². The van der Waals surface area contributed by atoms with Crippen molar-refractivity contribution >= 4 is 11.8 Å². The monoisotopic (exact) mass is 377 g/mol. The number of pyridine rings is 1. The van der Waals surface area contributed by atoms with Gasteiger partial charge in [-0.1, -0.05) is 30.0 Å². The number of nitrogens with zero attached hydrogens (tertiary/aromatic N) is 3. The highest BCUT2D eigenvalue weighted by Crippen LogP contribution is 2.18. The van der Waals surface area contributed by atoms with Crippen LogP contribution in [0.5, 0.6) is 0 Å². The maximum absolute atomic E-state index is 12.3. The summed E-state index contributed by atoms with van der Waals surface area (Å²) in [5.41, 5.74) is 2.43. The molecule has 1 aromatic carbocycles. The van der Waals surface area contributed by atoms with Gasteiger partial charge in [0.1, 0.15) is 5.60 Å². The Labute approximate surface area is 167 Å². The molecule has 0 bridgehead atoms. The molecule has 1 amide bonds. The topological polar surface area (TPSA) is 45.7 Å². The number of hydrogen-bond acceptors (Lipinski definition) is 4. The van der Waals surface area contributed by atoms with Crippen molar-refractivity contribution in [3.05, 3.63) is 59.9 Å². The van der Waals surface area contributed by atoms with Gasteiger partial charge in [0.25, 0.3) is 0 Å². The highest BCUT2D eigenvalue weighted by atomic mass is 16.6. The summed E-state index contributed by atoms with van der Waals surface area (Å²) < 4.78 is 5.50. The van der Waals surface area contributed by atoms with E-state index in [1.54, 1.807) is 11.1 Å². The minimum atomic E-state index is -0.473. The van der Waals surface area contributed by atoms with Crippen molar-refractivity contribution in [2.45, 2.75) is 32.8 Å². The van der Waals surface area contributed by atoms with E-state index in [-0.39, 0.29) is 6.09 Å². The van der Waals surface area contributed by atoms with Crippen LogP contribution in [0.4, 0.5) is 10.5 Å². The van der Waals surface area contributed by atoms with Gasteiger partial charge in [0.15, 0.2) is 0 Å². The van der Waals surface area contributed by atoms with Crippen LogP contribution in [0.1, 0.15) is 38.3 Å². The van der Waals surface area contributed by atoms with E-state index in [9.17, 15) is 4.79 Å². The Bertz CT molecular complexity index is 863. The molecule has 0 aliphatic carbocycles. The fraction of sp³-hybridized carbons (Fsp3) is 0.391. The van der Waals surface area contributed by atoms with Crippen LogP contribution in [0, 0.1) is 11.8 Å². The van der Waals surface area contributed by atoms with E-state index in [0.29, 0.717) is 13.1 Å². The van der Waals surface area contributed by atoms with Crippen LogP contribution in [0.3, 0.4) is 0 Å². The molecular weight excluding hydrogens is 350 g/mol. The molecule has 1 saturated heterocycles. The van der Waals surface area contributed by atoms with Crippen molar-refractivity contribution in [2.24, 2.45) is 0 Å². The van der Waals surface area contributed by atoms with Crippen LogP contribution in [-0.2, 0) is 4.74 Å². The van der Waals surface area contributed by atoms with Gasteiger partial charge in [0.2, 0.25) is 0 Å². The summed E-state index contributed by atoms with van der Waals surface area (Å²) in [5.74, 6) is 6.35. The molecule has 5 heteroatoms. The number of ether oxygens (including phenoxy) is 1. The zero-order chi connectivity index (χ0) is 20.0. The Morgan fingerprint density at radius 2 is 1.75 bits per heavy atom. The first kappa shape index (κ1) is 19.8. The lowest BCUT2D eigenvalue weighted by Crippen LogP contribution is -2.39. The molecule has 0 spiro atoms. The molecule has 1 fully saturated rings. The van der Waals surface area contributed by atoms with Crippen molar-refractivity contribution in [1.29, 1.82) is 0 Å². The molecule has 0 saturated carbocycles. The van der Waals surface area contributed by atoms with Crippen molar-refractivity contribution in [1.82, 2.24) is 9.88 Å². The van der Waals surface area contributed by atoms with Crippen LogP contribution >= 0.6 is 0 Å². The molecule has 1 aliphatic rings. The van der Waals surface area contributed by atoms with Crippen molar-refractivity contribution in [3.8, 4) is 11.8 Å². The molecule has 0 radical (unpaired) electrons. The van der Waals surface area contributed by atoms with Gasteiger partial charge in [-0.25, -0.2) is 4.79 Å². The summed E-state index contributed by atoms with van der Waals surface area (Å²) in [6.45, 7) is 8.63. The highest BCUT2D eigenvalue weighted by molar-refractivity contribution is 5.68. The van der Waals surface area contributed by atoms with Gasteiger partial charge in [-0.05, 0) is 45.4 Å². The Balaban J connectivity index is 1.66. The molecule has 0 atom stereocenters. The molecule has 2 aromatic rings. The van der Waals surface area contributed by atoms with Crippen molar-refractivity contribution < 1.29 is 9.53 Å². The number of carbonyl (C=O) groups excluding carboxylic acids is 1. The molecule has 5 nitrogen and oxygen atoms in total. The molecule has 1 aromatic heterocycles. The highest BCUT2D eigenvalue weighted by Gasteiger charge is 2.24. The molecule has 2 heterocycles. The van der Waals surface area contributed by atoms with Gasteiger partial charge in [-0.2, -0.15) is 0 Å². The van der Waals surface area contributed by atoms with Gasteiger partial charge in [0.05, 0.1) is 11.9 Å². The predicted octanol–water partition coefficient (Wildman–Crippen LogP) is 3.93. The lowest BCUT2D eigenvalue weighted by atomic mass is 10.2. The summed E-state index contributed by atoms with van der Waals surface area (Å²) in [6.07, 6.45) is 4.29. The standard InChI is InChI=1S/C23H27N3O2/c1-23(2,3)28-22(27)26-13-7-12-25(14-15-26)21-16-20(17-24-18-21)11-10-19-8-5-4-6-9-19/h4-6,8-9,16-18H,7,12-15H2,1-3H3. The predicted molar refractivity (Wildman–Crippen MR) is 111 cm³/mol. The first-order valence-electron chi connectivity index (χ1n) is 9.66. The van der Waals surface area contributed by atoms with Crippen LogP contribution in [0.15, 0.2) is 48.8 Å². The number of rotatable bonds is 1. The number of amides is 1. The number of carbonyl (C=O) groups is 1. The van der Waals surface area contributed by atoms with E-state index >= 15 is 0 Å². The van der Waals surface area contributed by atoms with Crippen molar-refractivity contribution in [3.63, 3.8) is 0 Å². The van der Waals surface area contributed by atoms with Gasteiger partial charge in [-0.15, -0.1) is 0 Å². The number of benzene rings is 1. The van der Waals surface area contributed by atoms with E-state index in [1.807, 2.05) is 57.3 Å².